The van der Waals surface area contributed by atoms with Crippen LogP contribution in [-0.4, -0.2) is 28.9 Å². The quantitative estimate of drug-likeness (QED) is 0.818. The van der Waals surface area contributed by atoms with Crippen molar-refractivity contribution in [3.05, 3.63) is 29.2 Å². The topological polar surface area (TPSA) is 88.6 Å². The second-order valence-corrected chi connectivity index (χ2v) is 6.11. The lowest BCUT2D eigenvalue weighted by Gasteiger charge is -2.33. The molecule has 3 heterocycles. The maximum atomic E-state index is 12.7. The lowest BCUT2D eigenvalue weighted by molar-refractivity contribution is -0.143. The number of carbonyl (C=O) groups excluding carboxylic acids is 1. The number of pyridine rings is 1. The Morgan fingerprint density at radius 1 is 1.33 bits per heavy atom. The summed E-state index contributed by atoms with van der Waals surface area (Å²) in [6.07, 6.45) is 0.636. The van der Waals surface area contributed by atoms with E-state index in [1.807, 2.05) is 33.8 Å². The normalized spacial score (nSPS) is 16.0. The van der Waals surface area contributed by atoms with Gasteiger partial charge in [0.2, 0.25) is 0 Å². The Labute approximate surface area is 140 Å². The predicted octanol–water partition coefficient (Wildman–Crippen LogP) is 2.80. The van der Waals surface area contributed by atoms with Gasteiger partial charge in [-0.1, -0.05) is 0 Å². The predicted molar refractivity (Wildman–Crippen MR) is 88.5 cm³/mol. The number of carbonyl (C=O) groups is 1. The average Bonchev–Trinajstić information content (AvgIpc) is 2.91. The van der Waals surface area contributed by atoms with Crippen molar-refractivity contribution in [1.82, 2.24) is 9.55 Å². The molecule has 2 N–H and O–H groups in total. The second-order valence-electron chi connectivity index (χ2n) is 6.11. The summed E-state index contributed by atoms with van der Waals surface area (Å²) in [5.41, 5.74) is 7.98. The Morgan fingerprint density at radius 3 is 2.58 bits per heavy atom. The van der Waals surface area contributed by atoms with Gasteiger partial charge in [0.1, 0.15) is 5.60 Å². The number of ether oxygens (including phenoxy) is 3. The van der Waals surface area contributed by atoms with Crippen LogP contribution < -0.4 is 5.73 Å². The number of rotatable bonds is 6. The molecule has 3 rings (SSSR count). The molecule has 2 aromatic rings. The van der Waals surface area contributed by atoms with Gasteiger partial charge in [-0.3, -0.25) is 4.98 Å². The summed E-state index contributed by atoms with van der Waals surface area (Å²) in [6, 6.07) is 1.87. The van der Waals surface area contributed by atoms with E-state index in [0.717, 1.165) is 22.2 Å². The first-order valence-electron chi connectivity index (χ1n) is 8.14. The molecule has 0 amide bonds. The van der Waals surface area contributed by atoms with Gasteiger partial charge >= 0.3 is 6.09 Å². The van der Waals surface area contributed by atoms with E-state index in [-0.39, 0.29) is 6.54 Å². The molecule has 7 heteroatoms. The molecule has 2 aromatic heterocycles. The Morgan fingerprint density at radius 2 is 2.00 bits per heavy atom. The summed E-state index contributed by atoms with van der Waals surface area (Å²) in [7, 11) is 0. The number of hydrogen-bond acceptors (Lipinski definition) is 6. The number of aromatic nitrogens is 2. The average molecular weight is 333 g/mol. The van der Waals surface area contributed by atoms with E-state index in [0.29, 0.717) is 18.9 Å². The standard InChI is InChI=1S/C17H23N3O4/c1-5-22-15(23-6-2)12-7-10-9-19-11(8-18)13-14(10)20(12)16(21)24-17(13,3)4/h7,9,15H,5-6,8,18H2,1-4H3. The first-order chi connectivity index (χ1) is 11.4. The Balaban J connectivity index is 2.31. The number of nitrogens with zero attached hydrogens (tertiary/aromatic N) is 2. The Kier molecular flexibility index (Phi) is 4.33. The van der Waals surface area contributed by atoms with Crippen LogP contribution in [0.1, 0.15) is 50.9 Å². The van der Waals surface area contributed by atoms with Crippen LogP contribution in [0.3, 0.4) is 0 Å². The summed E-state index contributed by atoms with van der Waals surface area (Å²) < 4.78 is 18.5. The zero-order chi connectivity index (χ0) is 17.5. The third-order valence-corrected chi connectivity index (χ3v) is 4.14. The van der Waals surface area contributed by atoms with E-state index in [9.17, 15) is 4.79 Å². The number of hydrogen-bond donors (Lipinski definition) is 1. The molecule has 0 saturated carbocycles. The first kappa shape index (κ1) is 16.9. The van der Waals surface area contributed by atoms with E-state index >= 15 is 0 Å². The van der Waals surface area contributed by atoms with Gasteiger partial charge in [0.15, 0.2) is 6.29 Å². The SMILES string of the molecule is CCOC(OCC)c1cc2cnc(CN)c3c2n1C(=O)OC3(C)C. The largest absolute Gasteiger partial charge is 0.438 e. The molecule has 0 aromatic carbocycles. The van der Waals surface area contributed by atoms with Gasteiger partial charge in [-0.15, -0.1) is 0 Å². The van der Waals surface area contributed by atoms with Gasteiger partial charge in [-0.2, -0.15) is 0 Å². The highest BCUT2D eigenvalue weighted by Crippen LogP contribution is 2.40. The molecule has 1 aliphatic rings. The van der Waals surface area contributed by atoms with Crippen molar-refractivity contribution in [1.29, 1.82) is 0 Å². The molecule has 0 saturated heterocycles. The third-order valence-electron chi connectivity index (χ3n) is 4.14. The highest BCUT2D eigenvalue weighted by atomic mass is 16.7. The van der Waals surface area contributed by atoms with Crippen molar-refractivity contribution >= 4 is 17.0 Å². The molecule has 0 unspecified atom stereocenters. The smallest absolute Gasteiger partial charge is 0.419 e. The highest BCUT2D eigenvalue weighted by molar-refractivity contribution is 5.95. The fourth-order valence-electron chi connectivity index (χ4n) is 3.25. The van der Waals surface area contributed by atoms with Crippen LogP contribution in [-0.2, 0) is 26.4 Å². The molecule has 130 valence electrons. The van der Waals surface area contributed by atoms with Crippen molar-refractivity contribution < 1.29 is 19.0 Å². The Bertz CT molecular complexity index is 776. The molecule has 24 heavy (non-hydrogen) atoms. The second kappa shape index (κ2) is 6.16. The molecule has 0 spiro atoms. The maximum absolute atomic E-state index is 12.7. The van der Waals surface area contributed by atoms with Crippen LogP contribution >= 0.6 is 0 Å². The van der Waals surface area contributed by atoms with Gasteiger partial charge < -0.3 is 19.9 Å². The van der Waals surface area contributed by atoms with Gasteiger partial charge in [0, 0.05) is 36.9 Å². The highest BCUT2D eigenvalue weighted by Gasteiger charge is 2.40. The minimum atomic E-state index is -0.795. The molecule has 0 aliphatic carbocycles. The Hall–Kier alpha value is -1.96. The fourth-order valence-corrected chi connectivity index (χ4v) is 3.25. The van der Waals surface area contributed by atoms with E-state index in [4.69, 9.17) is 19.9 Å². The van der Waals surface area contributed by atoms with Gasteiger partial charge in [-0.25, -0.2) is 9.36 Å². The summed E-state index contributed by atoms with van der Waals surface area (Å²) in [5.74, 6) is 0. The minimum absolute atomic E-state index is 0.271. The number of cyclic esters (lactones) is 1. The van der Waals surface area contributed by atoms with Crippen LogP contribution in [0.2, 0.25) is 0 Å². The van der Waals surface area contributed by atoms with Crippen LogP contribution in [0.4, 0.5) is 4.79 Å². The van der Waals surface area contributed by atoms with Crippen LogP contribution in [0.5, 0.6) is 0 Å². The lowest BCUT2D eigenvalue weighted by Crippen LogP contribution is -2.36. The fraction of sp³-hybridized carbons (Fsp3) is 0.529. The molecule has 0 bridgehead atoms. The lowest BCUT2D eigenvalue weighted by atomic mass is 9.93. The van der Waals surface area contributed by atoms with E-state index < -0.39 is 18.0 Å². The van der Waals surface area contributed by atoms with Crippen LogP contribution in [0.15, 0.2) is 12.3 Å². The molecular weight excluding hydrogens is 310 g/mol. The van der Waals surface area contributed by atoms with E-state index in [1.54, 1.807) is 6.20 Å². The first-order valence-corrected chi connectivity index (χ1v) is 8.14. The van der Waals surface area contributed by atoms with Gasteiger partial charge in [0.05, 0.1) is 16.9 Å². The van der Waals surface area contributed by atoms with Crippen molar-refractivity contribution in [3.63, 3.8) is 0 Å². The van der Waals surface area contributed by atoms with Crippen LogP contribution in [0, 0.1) is 0 Å². The molecule has 0 atom stereocenters. The molecular formula is C17H23N3O4. The van der Waals surface area contributed by atoms with E-state index in [1.165, 1.54) is 4.57 Å². The number of nitrogens with two attached hydrogens (primary N) is 1. The molecule has 7 nitrogen and oxygen atoms in total. The minimum Gasteiger partial charge on any atom is -0.438 e. The molecule has 0 fully saturated rings. The van der Waals surface area contributed by atoms with Gasteiger partial charge in [-0.05, 0) is 33.8 Å². The summed E-state index contributed by atoms with van der Waals surface area (Å²) >= 11 is 0. The molecule has 0 radical (unpaired) electrons. The monoisotopic (exact) mass is 333 g/mol. The molecule has 1 aliphatic heterocycles. The van der Waals surface area contributed by atoms with Crippen molar-refractivity contribution in [3.8, 4) is 0 Å². The summed E-state index contributed by atoms with van der Waals surface area (Å²) in [6.45, 7) is 8.65. The zero-order valence-electron chi connectivity index (χ0n) is 14.5. The van der Waals surface area contributed by atoms with Crippen molar-refractivity contribution in [2.75, 3.05) is 13.2 Å². The third kappa shape index (κ3) is 2.49. The zero-order valence-corrected chi connectivity index (χ0v) is 14.5. The van der Waals surface area contributed by atoms with E-state index in [2.05, 4.69) is 4.98 Å². The van der Waals surface area contributed by atoms with Crippen LogP contribution in [0.25, 0.3) is 10.9 Å². The van der Waals surface area contributed by atoms with Crippen molar-refractivity contribution in [2.24, 2.45) is 5.73 Å². The maximum Gasteiger partial charge on any atom is 0.419 e. The summed E-state index contributed by atoms with van der Waals surface area (Å²) in [4.78, 5) is 17.1. The summed E-state index contributed by atoms with van der Waals surface area (Å²) in [5, 5.41) is 0.839. The van der Waals surface area contributed by atoms with Gasteiger partial charge in [0.25, 0.3) is 0 Å². The van der Waals surface area contributed by atoms with Crippen molar-refractivity contribution in [2.45, 2.75) is 46.1 Å².